The van der Waals surface area contributed by atoms with Gasteiger partial charge in [0.2, 0.25) is 5.76 Å². The monoisotopic (exact) mass is 296 g/mol. The van der Waals surface area contributed by atoms with Crippen LogP contribution in [-0.4, -0.2) is 48.8 Å². The molecule has 1 aromatic rings. The molecule has 0 radical (unpaired) electrons. The molecule has 0 spiro atoms. The van der Waals surface area contributed by atoms with Crippen LogP contribution in [0.5, 0.6) is 0 Å². The van der Waals surface area contributed by atoms with E-state index in [9.17, 15) is 9.59 Å². The van der Waals surface area contributed by atoms with Gasteiger partial charge in [0, 0.05) is 26.8 Å². The van der Waals surface area contributed by atoms with Crippen LogP contribution in [-0.2, 0) is 11.3 Å². The van der Waals surface area contributed by atoms with Crippen molar-refractivity contribution in [2.45, 2.75) is 19.4 Å². The summed E-state index contributed by atoms with van der Waals surface area (Å²) in [7, 11) is 1.75. The Balaban J connectivity index is 1.76. The van der Waals surface area contributed by atoms with Crippen LogP contribution in [0.4, 0.5) is 4.79 Å². The summed E-state index contributed by atoms with van der Waals surface area (Å²) in [5.74, 6) is -0.365. The molecule has 2 rings (SSSR count). The van der Waals surface area contributed by atoms with E-state index in [4.69, 9.17) is 14.3 Å². The van der Waals surface area contributed by atoms with E-state index in [-0.39, 0.29) is 18.3 Å². The average Bonchev–Trinajstić information content (AvgIpc) is 2.95. The summed E-state index contributed by atoms with van der Waals surface area (Å²) in [5, 5.41) is 11.5. The van der Waals surface area contributed by atoms with Crippen LogP contribution in [0.3, 0.4) is 0 Å². The number of urea groups is 1. The van der Waals surface area contributed by atoms with Crippen LogP contribution in [0.25, 0.3) is 0 Å². The Hall–Kier alpha value is -2.02. The van der Waals surface area contributed by atoms with Crippen molar-refractivity contribution in [3.8, 4) is 0 Å². The minimum Gasteiger partial charge on any atom is -0.475 e. The Morgan fingerprint density at radius 2 is 2.10 bits per heavy atom. The molecule has 1 fully saturated rings. The highest BCUT2D eigenvalue weighted by atomic mass is 16.5. The normalized spacial score (nSPS) is 15.7. The van der Waals surface area contributed by atoms with Crippen LogP contribution >= 0.6 is 0 Å². The fraction of sp³-hybridized carbons (Fsp3) is 0.571. The number of carbonyl (C=O) groups is 2. The van der Waals surface area contributed by atoms with E-state index in [1.54, 1.807) is 18.0 Å². The highest BCUT2D eigenvalue weighted by molar-refractivity contribution is 5.84. The number of ether oxygens (including phenoxy) is 1. The first-order valence-electron chi connectivity index (χ1n) is 6.95. The lowest BCUT2D eigenvalue weighted by Crippen LogP contribution is -2.40. The number of aromatic carboxylic acids is 1. The number of nitrogens with one attached hydrogen (secondary N) is 1. The third-order valence-electron chi connectivity index (χ3n) is 3.51. The van der Waals surface area contributed by atoms with Crippen LogP contribution in [0.2, 0.25) is 0 Å². The SMILES string of the molecule is CN(CC1CCOCC1)C(=O)NCc1ccc(C(=O)O)o1. The van der Waals surface area contributed by atoms with Gasteiger partial charge in [0.15, 0.2) is 0 Å². The zero-order valence-electron chi connectivity index (χ0n) is 12.0. The fourth-order valence-electron chi connectivity index (χ4n) is 2.28. The maximum atomic E-state index is 12.0. The Labute approximate surface area is 122 Å². The van der Waals surface area contributed by atoms with Gasteiger partial charge in [-0.15, -0.1) is 0 Å². The maximum absolute atomic E-state index is 12.0. The first-order chi connectivity index (χ1) is 10.1. The summed E-state index contributed by atoms with van der Waals surface area (Å²) >= 11 is 0. The van der Waals surface area contributed by atoms with Crippen LogP contribution < -0.4 is 5.32 Å². The van der Waals surface area contributed by atoms with Crippen molar-refractivity contribution in [1.29, 1.82) is 0 Å². The van der Waals surface area contributed by atoms with Crippen molar-refractivity contribution in [1.82, 2.24) is 10.2 Å². The van der Waals surface area contributed by atoms with Crippen LogP contribution in [0.15, 0.2) is 16.5 Å². The number of hydrogen-bond acceptors (Lipinski definition) is 4. The van der Waals surface area contributed by atoms with E-state index >= 15 is 0 Å². The van der Waals surface area contributed by atoms with E-state index in [1.165, 1.54) is 6.07 Å². The van der Waals surface area contributed by atoms with Gasteiger partial charge in [0.25, 0.3) is 0 Å². The summed E-state index contributed by atoms with van der Waals surface area (Å²) in [5.41, 5.74) is 0. The molecular weight excluding hydrogens is 276 g/mol. The standard InChI is InChI=1S/C14H20N2O5/c1-16(9-10-4-6-20-7-5-10)14(19)15-8-11-2-3-12(21-11)13(17)18/h2-3,10H,4-9H2,1H3,(H,15,19)(H,17,18). The van der Waals surface area contributed by atoms with Gasteiger partial charge in [0.1, 0.15) is 5.76 Å². The number of furan rings is 1. The molecule has 2 N–H and O–H groups in total. The molecule has 0 bridgehead atoms. The predicted octanol–water partition coefficient (Wildman–Crippen LogP) is 1.55. The molecule has 0 unspecified atom stereocenters. The summed E-state index contributed by atoms with van der Waals surface area (Å²) in [4.78, 5) is 24.3. The Bertz CT molecular complexity index is 493. The van der Waals surface area contributed by atoms with Gasteiger partial charge in [-0.1, -0.05) is 0 Å². The first kappa shape index (κ1) is 15.4. The lowest BCUT2D eigenvalue weighted by Gasteiger charge is -2.27. The third-order valence-corrected chi connectivity index (χ3v) is 3.51. The average molecular weight is 296 g/mol. The van der Waals surface area contributed by atoms with Crippen molar-refractivity contribution < 1.29 is 23.8 Å². The minimum absolute atomic E-state index is 0.130. The van der Waals surface area contributed by atoms with Gasteiger partial charge in [0.05, 0.1) is 6.54 Å². The molecule has 1 aromatic heterocycles. The molecule has 1 aliphatic heterocycles. The number of carboxylic acid groups (broad SMARTS) is 1. The summed E-state index contributed by atoms with van der Waals surface area (Å²) in [6.45, 7) is 2.37. The Morgan fingerprint density at radius 3 is 2.71 bits per heavy atom. The van der Waals surface area contributed by atoms with Crippen LogP contribution in [0, 0.1) is 5.92 Å². The number of hydrogen-bond donors (Lipinski definition) is 2. The number of nitrogens with zero attached hydrogens (tertiary/aromatic N) is 1. The summed E-state index contributed by atoms with van der Waals surface area (Å²) in [6.07, 6.45) is 1.94. The Kier molecular flexibility index (Phi) is 5.21. The summed E-state index contributed by atoms with van der Waals surface area (Å²) < 4.78 is 10.4. The molecule has 21 heavy (non-hydrogen) atoms. The maximum Gasteiger partial charge on any atom is 0.371 e. The summed E-state index contributed by atoms with van der Waals surface area (Å²) in [6, 6.07) is 2.72. The molecule has 1 aliphatic rings. The molecule has 2 heterocycles. The molecule has 7 heteroatoms. The Morgan fingerprint density at radius 1 is 1.38 bits per heavy atom. The molecular formula is C14H20N2O5. The van der Waals surface area contributed by atoms with Crippen molar-refractivity contribution in [3.63, 3.8) is 0 Å². The highest BCUT2D eigenvalue weighted by Gasteiger charge is 2.18. The number of carboxylic acids is 1. The number of rotatable bonds is 5. The van der Waals surface area contributed by atoms with E-state index in [1.807, 2.05) is 0 Å². The lowest BCUT2D eigenvalue weighted by atomic mass is 10.0. The van der Waals surface area contributed by atoms with E-state index < -0.39 is 5.97 Å². The van der Waals surface area contributed by atoms with E-state index in [0.29, 0.717) is 18.2 Å². The topological polar surface area (TPSA) is 92.0 Å². The molecule has 0 atom stereocenters. The van der Waals surface area contributed by atoms with Crippen molar-refractivity contribution in [2.24, 2.45) is 5.92 Å². The third kappa shape index (κ3) is 4.49. The highest BCUT2D eigenvalue weighted by Crippen LogP contribution is 2.15. The van der Waals surface area contributed by atoms with E-state index in [2.05, 4.69) is 5.32 Å². The predicted molar refractivity (Wildman–Crippen MR) is 74.1 cm³/mol. The zero-order chi connectivity index (χ0) is 15.2. The molecule has 0 saturated carbocycles. The van der Waals surface area contributed by atoms with Gasteiger partial charge in [-0.3, -0.25) is 0 Å². The largest absolute Gasteiger partial charge is 0.475 e. The zero-order valence-corrected chi connectivity index (χ0v) is 12.0. The van der Waals surface area contributed by atoms with Crippen molar-refractivity contribution in [2.75, 3.05) is 26.8 Å². The van der Waals surface area contributed by atoms with E-state index in [0.717, 1.165) is 26.1 Å². The second kappa shape index (κ2) is 7.12. The van der Waals surface area contributed by atoms with Crippen LogP contribution in [0.1, 0.15) is 29.2 Å². The second-order valence-corrected chi connectivity index (χ2v) is 5.17. The molecule has 0 aromatic carbocycles. The smallest absolute Gasteiger partial charge is 0.371 e. The quantitative estimate of drug-likeness (QED) is 0.860. The van der Waals surface area contributed by atoms with Gasteiger partial charge < -0.3 is 24.5 Å². The number of amides is 2. The van der Waals surface area contributed by atoms with Gasteiger partial charge in [-0.25, -0.2) is 9.59 Å². The van der Waals surface area contributed by atoms with Crippen molar-refractivity contribution >= 4 is 12.0 Å². The molecule has 116 valence electrons. The minimum atomic E-state index is -1.12. The first-order valence-corrected chi connectivity index (χ1v) is 6.95. The van der Waals surface area contributed by atoms with Gasteiger partial charge >= 0.3 is 12.0 Å². The fourth-order valence-corrected chi connectivity index (χ4v) is 2.28. The number of carbonyl (C=O) groups excluding carboxylic acids is 1. The molecule has 7 nitrogen and oxygen atoms in total. The molecule has 1 saturated heterocycles. The van der Waals surface area contributed by atoms with Gasteiger partial charge in [-0.05, 0) is 30.9 Å². The lowest BCUT2D eigenvalue weighted by molar-refractivity contribution is 0.0585. The molecule has 0 aliphatic carbocycles. The second-order valence-electron chi connectivity index (χ2n) is 5.17. The van der Waals surface area contributed by atoms with Gasteiger partial charge in [-0.2, -0.15) is 0 Å². The molecule has 2 amide bonds. The van der Waals surface area contributed by atoms with Crippen molar-refractivity contribution in [3.05, 3.63) is 23.7 Å².